The number of hydrogen-bond acceptors (Lipinski definition) is 9. The number of aryl methyl sites for hydroxylation is 2. The number of rotatable bonds is 9. The van der Waals surface area contributed by atoms with Gasteiger partial charge in [0.25, 0.3) is 11.5 Å². The quantitative estimate of drug-likeness (QED) is 0.380. The Morgan fingerprint density at radius 1 is 1.26 bits per heavy atom. The summed E-state index contributed by atoms with van der Waals surface area (Å²) >= 11 is 7.21. The number of aromatic amines is 1. The standard InChI is InChI=1S/C25H31ClN6O5S/c1-5-16-21(26)30-22(28-16)23(34)29-17-9-10-31(13-18(17)36-6-2)15-8-11-32(19(33)12-15)25-27-14(4)20(38-25)24(35)37-7-3/h8,11-12,17-18H,5-7,9-10,13H2,1-4H3,(H,28,30)(H,29,34)/t17-,18+/m0/s1. The second kappa shape index (κ2) is 12.1. The van der Waals surface area contributed by atoms with Gasteiger partial charge < -0.3 is 24.7 Å². The average molecular weight is 563 g/mol. The van der Waals surface area contributed by atoms with Crippen LogP contribution in [0.3, 0.4) is 0 Å². The number of amides is 1. The number of nitrogens with zero attached hydrogens (tertiary/aromatic N) is 4. The number of halogens is 1. The molecule has 4 rings (SSSR count). The number of carbonyl (C=O) groups is 2. The molecule has 2 atom stereocenters. The lowest BCUT2D eigenvalue weighted by Gasteiger charge is -2.39. The van der Waals surface area contributed by atoms with Crippen LogP contribution in [0.5, 0.6) is 0 Å². The zero-order chi connectivity index (χ0) is 27.4. The first-order valence-corrected chi connectivity index (χ1v) is 13.7. The molecule has 0 bridgehead atoms. The molecule has 1 fully saturated rings. The van der Waals surface area contributed by atoms with Gasteiger partial charge in [0.1, 0.15) is 4.88 Å². The van der Waals surface area contributed by atoms with E-state index in [1.807, 2.05) is 19.9 Å². The molecule has 3 aromatic heterocycles. The van der Waals surface area contributed by atoms with Crippen molar-refractivity contribution in [2.45, 2.75) is 52.7 Å². The third-order valence-electron chi connectivity index (χ3n) is 6.27. The van der Waals surface area contributed by atoms with Gasteiger partial charge in [0.15, 0.2) is 16.1 Å². The summed E-state index contributed by atoms with van der Waals surface area (Å²) in [7, 11) is 0. The van der Waals surface area contributed by atoms with E-state index in [1.54, 1.807) is 26.1 Å². The molecule has 1 aliphatic rings. The number of pyridine rings is 1. The molecule has 1 saturated heterocycles. The molecule has 0 aliphatic carbocycles. The smallest absolute Gasteiger partial charge is 0.350 e. The molecule has 4 heterocycles. The minimum atomic E-state index is -0.448. The summed E-state index contributed by atoms with van der Waals surface area (Å²) in [6, 6.07) is 3.15. The monoisotopic (exact) mass is 562 g/mol. The summed E-state index contributed by atoms with van der Waals surface area (Å²) in [6.07, 6.45) is 2.63. The van der Waals surface area contributed by atoms with Crippen LogP contribution in [0.25, 0.3) is 5.13 Å². The predicted octanol–water partition coefficient (Wildman–Crippen LogP) is 3.13. The Hall–Kier alpha value is -3.22. The van der Waals surface area contributed by atoms with E-state index in [-0.39, 0.29) is 36.0 Å². The van der Waals surface area contributed by atoms with Crippen LogP contribution in [0.2, 0.25) is 5.15 Å². The van der Waals surface area contributed by atoms with Gasteiger partial charge in [0, 0.05) is 37.6 Å². The molecular weight excluding hydrogens is 532 g/mol. The number of hydrogen-bond donors (Lipinski definition) is 2. The van der Waals surface area contributed by atoms with Gasteiger partial charge in [-0.15, -0.1) is 0 Å². The summed E-state index contributed by atoms with van der Waals surface area (Å²) in [5, 5.41) is 3.72. The van der Waals surface area contributed by atoms with Gasteiger partial charge in [-0.05, 0) is 39.7 Å². The number of carbonyl (C=O) groups excluding carboxylic acids is 2. The first kappa shape index (κ1) is 27.8. The first-order valence-electron chi connectivity index (χ1n) is 12.5. The SMILES string of the molecule is CCOC(=O)c1sc(-n2ccc(N3CC[C@H](NC(=O)c4nc(Cl)c(CC)[nH]4)[C@H](OCC)C3)cc2=O)nc1C. The highest BCUT2D eigenvalue weighted by Gasteiger charge is 2.32. The van der Waals surface area contributed by atoms with Gasteiger partial charge in [-0.3, -0.25) is 14.2 Å². The molecule has 1 amide bonds. The van der Waals surface area contributed by atoms with E-state index < -0.39 is 5.97 Å². The van der Waals surface area contributed by atoms with E-state index in [4.69, 9.17) is 21.1 Å². The Labute approximate surface area is 229 Å². The molecule has 38 heavy (non-hydrogen) atoms. The van der Waals surface area contributed by atoms with Gasteiger partial charge in [0.2, 0.25) is 0 Å². The summed E-state index contributed by atoms with van der Waals surface area (Å²) in [5.41, 5.74) is 1.71. The zero-order valence-corrected chi connectivity index (χ0v) is 23.3. The molecule has 11 nitrogen and oxygen atoms in total. The number of ether oxygens (including phenoxy) is 2. The molecule has 2 N–H and O–H groups in total. The lowest BCUT2D eigenvalue weighted by molar-refractivity contribution is 0.0271. The second-order valence-electron chi connectivity index (χ2n) is 8.74. The molecule has 0 unspecified atom stereocenters. The molecule has 0 saturated carbocycles. The Morgan fingerprint density at radius 3 is 2.71 bits per heavy atom. The van der Waals surface area contributed by atoms with E-state index in [1.165, 1.54) is 4.57 Å². The number of esters is 1. The average Bonchev–Trinajstić information content (AvgIpc) is 3.47. The van der Waals surface area contributed by atoms with Crippen molar-refractivity contribution < 1.29 is 19.1 Å². The van der Waals surface area contributed by atoms with Crippen LogP contribution in [0.1, 0.15) is 58.9 Å². The fraction of sp³-hybridized carbons (Fsp3) is 0.480. The fourth-order valence-corrected chi connectivity index (χ4v) is 5.58. The number of anilines is 1. The lowest BCUT2D eigenvalue weighted by atomic mass is 10.0. The van der Waals surface area contributed by atoms with Crippen LogP contribution in [-0.4, -0.2) is 69.8 Å². The highest BCUT2D eigenvalue weighted by atomic mass is 35.5. The summed E-state index contributed by atoms with van der Waals surface area (Å²) < 4.78 is 12.5. The van der Waals surface area contributed by atoms with Crippen molar-refractivity contribution >= 4 is 40.5 Å². The number of imidazole rings is 1. The number of nitrogens with one attached hydrogen (secondary N) is 2. The molecule has 0 aromatic carbocycles. The van der Waals surface area contributed by atoms with E-state index in [0.717, 1.165) is 17.0 Å². The highest BCUT2D eigenvalue weighted by Crippen LogP contribution is 2.24. The molecule has 3 aromatic rings. The van der Waals surface area contributed by atoms with E-state index in [9.17, 15) is 14.4 Å². The molecular formula is C25H31ClN6O5S. The Balaban J connectivity index is 1.47. The second-order valence-corrected chi connectivity index (χ2v) is 10.1. The van der Waals surface area contributed by atoms with Gasteiger partial charge in [-0.2, -0.15) is 0 Å². The zero-order valence-electron chi connectivity index (χ0n) is 21.7. The van der Waals surface area contributed by atoms with Gasteiger partial charge >= 0.3 is 5.97 Å². The molecule has 0 radical (unpaired) electrons. The van der Waals surface area contributed by atoms with Crippen molar-refractivity contribution in [3.63, 3.8) is 0 Å². The Morgan fingerprint density at radius 2 is 2.05 bits per heavy atom. The number of thiazole rings is 1. The third kappa shape index (κ3) is 5.92. The van der Waals surface area contributed by atoms with E-state index in [0.29, 0.717) is 59.1 Å². The van der Waals surface area contributed by atoms with Crippen molar-refractivity contribution in [1.29, 1.82) is 0 Å². The van der Waals surface area contributed by atoms with Crippen molar-refractivity contribution in [3.05, 3.63) is 55.9 Å². The number of piperidine rings is 1. The third-order valence-corrected chi connectivity index (χ3v) is 7.72. The lowest BCUT2D eigenvalue weighted by Crippen LogP contribution is -2.55. The predicted molar refractivity (Wildman–Crippen MR) is 145 cm³/mol. The first-order chi connectivity index (χ1) is 18.2. The molecule has 204 valence electrons. The summed E-state index contributed by atoms with van der Waals surface area (Å²) in [6.45, 7) is 9.13. The minimum Gasteiger partial charge on any atom is -0.462 e. The van der Waals surface area contributed by atoms with Crippen molar-refractivity contribution in [3.8, 4) is 5.13 Å². The maximum atomic E-state index is 13.0. The van der Waals surface area contributed by atoms with Gasteiger partial charge in [-0.25, -0.2) is 14.8 Å². The normalized spacial score (nSPS) is 17.4. The van der Waals surface area contributed by atoms with Crippen LogP contribution < -0.4 is 15.8 Å². The largest absolute Gasteiger partial charge is 0.462 e. The fourth-order valence-electron chi connectivity index (χ4n) is 4.36. The van der Waals surface area contributed by atoms with Gasteiger partial charge in [-0.1, -0.05) is 29.9 Å². The maximum absolute atomic E-state index is 13.0. The molecule has 0 spiro atoms. The topological polar surface area (TPSA) is 131 Å². The number of aromatic nitrogens is 4. The van der Waals surface area contributed by atoms with Crippen molar-refractivity contribution in [2.24, 2.45) is 0 Å². The van der Waals surface area contributed by atoms with Gasteiger partial charge in [0.05, 0.1) is 30.1 Å². The summed E-state index contributed by atoms with van der Waals surface area (Å²) in [5.74, 6) is -0.605. The number of H-pyrrole nitrogens is 1. The molecule has 13 heteroatoms. The van der Waals surface area contributed by atoms with Crippen LogP contribution in [0.4, 0.5) is 5.69 Å². The highest BCUT2D eigenvalue weighted by molar-refractivity contribution is 7.16. The van der Waals surface area contributed by atoms with Crippen molar-refractivity contribution in [2.75, 3.05) is 31.2 Å². The van der Waals surface area contributed by atoms with Crippen LogP contribution in [0, 0.1) is 6.92 Å². The maximum Gasteiger partial charge on any atom is 0.350 e. The Kier molecular flexibility index (Phi) is 8.85. The minimum absolute atomic E-state index is 0.177. The van der Waals surface area contributed by atoms with Crippen LogP contribution >= 0.6 is 22.9 Å². The summed E-state index contributed by atoms with van der Waals surface area (Å²) in [4.78, 5) is 51.9. The van der Waals surface area contributed by atoms with Crippen LogP contribution in [-0.2, 0) is 15.9 Å². The van der Waals surface area contributed by atoms with E-state index >= 15 is 0 Å². The van der Waals surface area contributed by atoms with Crippen molar-refractivity contribution in [1.82, 2.24) is 24.8 Å². The Bertz CT molecular complexity index is 1370. The molecule has 1 aliphatic heterocycles. The van der Waals surface area contributed by atoms with E-state index in [2.05, 4.69) is 25.2 Å². The van der Waals surface area contributed by atoms with Crippen LogP contribution in [0.15, 0.2) is 23.1 Å².